The Labute approximate surface area is 132 Å². The lowest BCUT2D eigenvalue weighted by atomic mass is 9.94. The van der Waals surface area contributed by atoms with Gasteiger partial charge in [-0.05, 0) is 40.6 Å². The number of para-hydroxylation sites is 1. The smallest absolute Gasteiger partial charge is 0.0726 e. The number of benzene rings is 2. The van der Waals surface area contributed by atoms with E-state index in [0.29, 0.717) is 6.04 Å². The van der Waals surface area contributed by atoms with Crippen LogP contribution in [-0.2, 0) is 6.54 Å². The molecule has 0 fully saturated rings. The number of anilines is 1. The molecule has 2 heteroatoms. The third-order valence-corrected chi connectivity index (χ3v) is 4.63. The van der Waals surface area contributed by atoms with Crippen molar-refractivity contribution in [3.8, 4) is 0 Å². The van der Waals surface area contributed by atoms with Crippen molar-refractivity contribution in [3.05, 3.63) is 77.0 Å². The summed E-state index contributed by atoms with van der Waals surface area (Å²) in [6.45, 7) is 0.983. The van der Waals surface area contributed by atoms with Crippen molar-refractivity contribution < 1.29 is 0 Å². The molecule has 1 atom stereocenters. The summed E-state index contributed by atoms with van der Waals surface area (Å²) in [6, 6.07) is 15.7. The van der Waals surface area contributed by atoms with Gasteiger partial charge in [-0.2, -0.15) is 0 Å². The molecule has 0 bridgehead atoms. The molecule has 110 valence electrons. The van der Waals surface area contributed by atoms with E-state index in [4.69, 9.17) is 0 Å². The first kappa shape index (κ1) is 13.2. The second-order valence-corrected chi connectivity index (χ2v) is 6.16. The van der Waals surface area contributed by atoms with Crippen molar-refractivity contribution in [2.45, 2.75) is 12.6 Å². The largest absolute Gasteiger partial charge is 0.376 e. The van der Waals surface area contributed by atoms with Gasteiger partial charge in [0.2, 0.25) is 0 Å². The molecule has 0 aromatic heterocycles. The van der Waals surface area contributed by atoms with Crippen LogP contribution in [-0.4, -0.2) is 19.0 Å². The molecule has 0 radical (unpaired) electrons. The molecule has 1 unspecified atom stereocenters. The molecule has 0 aliphatic carbocycles. The third kappa shape index (κ3) is 2.12. The lowest BCUT2D eigenvalue weighted by Crippen LogP contribution is -2.25. The molecule has 2 heterocycles. The Hall–Kier alpha value is -2.48. The zero-order valence-corrected chi connectivity index (χ0v) is 13.0. The van der Waals surface area contributed by atoms with Crippen LogP contribution in [0.5, 0.6) is 0 Å². The number of likely N-dealkylation sites (N-methyl/N-ethyl adjacent to an activating group) is 1. The summed E-state index contributed by atoms with van der Waals surface area (Å²) in [6.07, 6.45) is 8.88. The molecule has 0 N–H and O–H groups in total. The molecule has 0 saturated heterocycles. The maximum atomic E-state index is 2.36. The van der Waals surface area contributed by atoms with Crippen LogP contribution >= 0.6 is 0 Å². The van der Waals surface area contributed by atoms with Gasteiger partial charge >= 0.3 is 0 Å². The van der Waals surface area contributed by atoms with Crippen LogP contribution in [0.3, 0.4) is 0 Å². The summed E-state index contributed by atoms with van der Waals surface area (Å²) in [4.78, 5) is 4.58. The van der Waals surface area contributed by atoms with E-state index in [1.54, 1.807) is 0 Å². The van der Waals surface area contributed by atoms with Gasteiger partial charge in [-0.3, -0.25) is 0 Å². The molecule has 22 heavy (non-hydrogen) atoms. The topological polar surface area (TPSA) is 6.48 Å². The van der Waals surface area contributed by atoms with Gasteiger partial charge in [-0.15, -0.1) is 0 Å². The van der Waals surface area contributed by atoms with Crippen molar-refractivity contribution >= 4 is 17.8 Å². The van der Waals surface area contributed by atoms with Gasteiger partial charge in [-0.25, -0.2) is 0 Å². The first-order valence-electron chi connectivity index (χ1n) is 7.74. The van der Waals surface area contributed by atoms with E-state index in [2.05, 4.69) is 90.8 Å². The van der Waals surface area contributed by atoms with Crippen molar-refractivity contribution in [1.82, 2.24) is 4.90 Å². The Morgan fingerprint density at radius 3 is 2.73 bits per heavy atom. The van der Waals surface area contributed by atoms with E-state index in [1.807, 2.05) is 0 Å². The Morgan fingerprint density at radius 1 is 0.955 bits per heavy atom. The summed E-state index contributed by atoms with van der Waals surface area (Å²) in [5, 5.41) is 0. The van der Waals surface area contributed by atoms with Crippen molar-refractivity contribution in [3.63, 3.8) is 0 Å². The second kappa shape index (κ2) is 5.06. The van der Waals surface area contributed by atoms with Crippen LogP contribution in [0, 0.1) is 0 Å². The maximum Gasteiger partial charge on any atom is 0.0726 e. The molecule has 2 nitrogen and oxygen atoms in total. The van der Waals surface area contributed by atoms with Crippen LogP contribution in [0.15, 0.2) is 54.7 Å². The quantitative estimate of drug-likeness (QED) is 0.771. The molecule has 0 spiro atoms. The molecule has 2 aliphatic rings. The highest BCUT2D eigenvalue weighted by molar-refractivity contribution is 5.72. The van der Waals surface area contributed by atoms with Crippen molar-refractivity contribution in [1.29, 1.82) is 0 Å². The van der Waals surface area contributed by atoms with Gasteiger partial charge in [0.05, 0.1) is 6.04 Å². The molecule has 0 saturated carbocycles. The third-order valence-electron chi connectivity index (χ3n) is 4.63. The number of rotatable bonds is 1. The average molecular weight is 288 g/mol. The summed E-state index contributed by atoms with van der Waals surface area (Å²) in [7, 11) is 4.30. The van der Waals surface area contributed by atoms with Crippen molar-refractivity contribution in [2.24, 2.45) is 0 Å². The van der Waals surface area contributed by atoms with Gasteiger partial charge < -0.3 is 9.80 Å². The van der Waals surface area contributed by atoms with E-state index < -0.39 is 0 Å². The maximum absolute atomic E-state index is 2.36. The first-order valence-corrected chi connectivity index (χ1v) is 7.74. The van der Waals surface area contributed by atoms with E-state index >= 15 is 0 Å². The van der Waals surface area contributed by atoms with Crippen LogP contribution < -0.4 is 4.90 Å². The minimum Gasteiger partial charge on any atom is -0.376 e. The van der Waals surface area contributed by atoms with Crippen LogP contribution in [0.2, 0.25) is 0 Å². The Bertz CT molecular complexity index is 773. The lowest BCUT2D eigenvalue weighted by Gasteiger charge is -2.33. The van der Waals surface area contributed by atoms with Crippen LogP contribution in [0.4, 0.5) is 5.69 Å². The van der Waals surface area contributed by atoms with Crippen LogP contribution in [0.25, 0.3) is 12.2 Å². The summed E-state index contributed by atoms with van der Waals surface area (Å²) in [5.74, 6) is 0. The van der Waals surface area contributed by atoms with E-state index in [1.165, 1.54) is 27.9 Å². The predicted octanol–water partition coefficient (Wildman–Crippen LogP) is 4.31. The summed E-state index contributed by atoms with van der Waals surface area (Å²) >= 11 is 0. The molecular formula is C20H20N2. The molecule has 2 aliphatic heterocycles. The molecule has 0 amide bonds. The van der Waals surface area contributed by atoms with Crippen molar-refractivity contribution in [2.75, 3.05) is 19.0 Å². The zero-order chi connectivity index (χ0) is 15.1. The number of fused-ring (bicyclic) bond motifs is 2. The van der Waals surface area contributed by atoms with Gasteiger partial charge in [-0.1, -0.05) is 48.6 Å². The van der Waals surface area contributed by atoms with Gasteiger partial charge in [0, 0.05) is 26.3 Å². The SMILES string of the molecule is CN1C=Cc2ccc(C3C=Cc4ccccc4N3C)cc2C1. The highest BCUT2D eigenvalue weighted by atomic mass is 15.1. The molecular weight excluding hydrogens is 268 g/mol. The molecule has 2 aromatic carbocycles. The highest BCUT2D eigenvalue weighted by Crippen LogP contribution is 2.35. The van der Waals surface area contributed by atoms with Gasteiger partial charge in [0.25, 0.3) is 0 Å². The standard InChI is InChI=1S/C20H20N2/c1-21-12-11-15-7-8-17(13-18(15)14-21)20-10-9-16-5-3-4-6-19(16)22(20)2/h3-13,20H,14H2,1-2H3. The minimum absolute atomic E-state index is 0.302. The Morgan fingerprint density at radius 2 is 1.82 bits per heavy atom. The summed E-state index contributed by atoms with van der Waals surface area (Å²) in [5.41, 5.74) is 6.69. The molecule has 2 aromatic rings. The highest BCUT2D eigenvalue weighted by Gasteiger charge is 2.21. The van der Waals surface area contributed by atoms with Gasteiger partial charge in [0.15, 0.2) is 0 Å². The molecule has 4 rings (SSSR count). The second-order valence-electron chi connectivity index (χ2n) is 6.16. The fourth-order valence-electron chi connectivity index (χ4n) is 3.40. The van der Waals surface area contributed by atoms with E-state index in [0.717, 1.165) is 6.54 Å². The number of hydrogen-bond donors (Lipinski definition) is 0. The Kier molecular flexibility index (Phi) is 3.04. The zero-order valence-electron chi connectivity index (χ0n) is 13.0. The van der Waals surface area contributed by atoms with E-state index in [9.17, 15) is 0 Å². The monoisotopic (exact) mass is 288 g/mol. The number of hydrogen-bond acceptors (Lipinski definition) is 2. The first-order chi connectivity index (χ1) is 10.7. The minimum atomic E-state index is 0.302. The van der Waals surface area contributed by atoms with Crippen LogP contribution in [0.1, 0.15) is 28.3 Å². The lowest BCUT2D eigenvalue weighted by molar-refractivity contribution is 0.447. The summed E-state index contributed by atoms with van der Waals surface area (Å²) < 4.78 is 0. The Balaban J connectivity index is 1.72. The van der Waals surface area contributed by atoms with Gasteiger partial charge in [0.1, 0.15) is 0 Å². The van der Waals surface area contributed by atoms with E-state index in [-0.39, 0.29) is 0 Å². The average Bonchev–Trinajstić information content (AvgIpc) is 2.55. The predicted molar refractivity (Wildman–Crippen MR) is 93.6 cm³/mol. The normalized spacial score (nSPS) is 19.1. The fraction of sp³-hybridized carbons (Fsp3) is 0.200. The number of nitrogens with zero attached hydrogens (tertiary/aromatic N) is 2. The fourth-order valence-corrected chi connectivity index (χ4v) is 3.40.